The zero-order valence-corrected chi connectivity index (χ0v) is 7.05. The molecule has 66 valence electrons. The summed E-state index contributed by atoms with van der Waals surface area (Å²) in [5, 5.41) is 0. The topological polar surface area (TPSA) is 52.0 Å². The van der Waals surface area contributed by atoms with Gasteiger partial charge in [-0.3, -0.25) is 0 Å². The second-order valence-electron chi connectivity index (χ2n) is 2.80. The number of halogens is 1. The summed E-state index contributed by atoms with van der Waals surface area (Å²) in [6.07, 6.45) is 0. The molecule has 1 rings (SSSR count). The molecule has 12 heavy (non-hydrogen) atoms. The van der Waals surface area contributed by atoms with Crippen molar-refractivity contribution in [2.75, 3.05) is 6.54 Å². The lowest BCUT2D eigenvalue weighted by atomic mass is 10.0. The van der Waals surface area contributed by atoms with E-state index in [1.165, 1.54) is 6.07 Å². The van der Waals surface area contributed by atoms with Crippen LogP contribution in [0.5, 0.6) is 0 Å². The minimum absolute atomic E-state index is 0.226. The molecule has 0 aliphatic rings. The average Bonchev–Trinajstić information content (AvgIpc) is 2.08. The normalized spacial score (nSPS) is 13.0. The van der Waals surface area contributed by atoms with E-state index in [1.54, 1.807) is 19.1 Å². The van der Waals surface area contributed by atoms with E-state index in [4.69, 9.17) is 11.5 Å². The van der Waals surface area contributed by atoms with Gasteiger partial charge in [0.1, 0.15) is 5.82 Å². The van der Waals surface area contributed by atoms with Crippen LogP contribution >= 0.6 is 0 Å². The Morgan fingerprint density at radius 3 is 2.75 bits per heavy atom. The number of nitrogens with two attached hydrogens (primary N) is 2. The third-order valence-electron chi connectivity index (χ3n) is 1.96. The summed E-state index contributed by atoms with van der Waals surface area (Å²) in [4.78, 5) is 0. The van der Waals surface area contributed by atoms with Gasteiger partial charge in [0.25, 0.3) is 0 Å². The highest BCUT2D eigenvalue weighted by Crippen LogP contribution is 2.16. The molecule has 0 amide bonds. The highest BCUT2D eigenvalue weighted by atomic mass is 19.1. The molecule has 4 N–H and O–H groups in total. The summed E-state index contributed by atoms with van der Waals surface area (Å²) in [5.41, 5.74) is 12.4. The van der Waals surface area contributed by atoms with Crippen molar-refractivity contribution in [1.29, 1.82) is 0 Å². The molecular weight excluding hydrogens is 155 g/mol. The van der Waals surface area contributed by atoms with E-state index in [0.717, 1.165) is 5.56 Å². The van der Waals surface area contributed by atoms with Crippen molar-refractivity contribution in [3.63, 3.8) is 0 Å². The van der Waals surface area contributed by atoms with Crippen molar-refractivity contribution in [1.82, 2.24) is 0 Å². The van der Waals surface area contributed by atoms with Crippen molar-refractivity contribution in [2.24, 2.45) is 11.5 Å². The van der Waals surface area contributed by atoms with Gasteiger partial charge < -0.3 is 11.5 Å². The minimum Gasteiger partial charge on any atom is -0.329 e. The van der Waals surface area contributed by atoms with Crippen LogP contribution in [-0.4, -0.2) is 6.54 Å². The lowest BCUT2D eigenvalue weighted by molar-refractivity contribution is 0.608. The van der Waals surface area contributed by atoms with Crippen LogP contribution in [0, 0.1) is 12.7 Å². The van der Waals surface area contributed by atoms with Crippen LogP contribution < -0.4 is 11.5 Å². The second-order valence-corrected chi connectivity index (χ2v) is 2.80. The molecule has 3 heteroatoms. The number of hydrogen-bond donors (Lipinski definition) is 2. The van der Waals surface area contributed by atoms with Gasteiger partial charge in [0.05, 0.1) is 0 Å². The zero-order valence-electron chi connectivity index (χ0n) is 7.05. The van der Waals surface area contributed by atoms with Crippen LogP contribution in [-0.2, 0) is 0 Å². The van der Waals surface area contributed by atoms with Crippen LogP contribution in [0.2, 0.25) is 0 Å². The minimum atomic E-state index is -0.263. The van der Waals surface area contributed by atoms with Crippen LogP contribution in [0.4, 0.5) is 4.39 Å². The first-order valence-corrected chi connectivity index (χ1v) is 3.87. The maximum atomic E-state index is 13.0. The molecule has 0 radical (unpaired) electrons. The molecule has 0 saturated heterocycles. The van der Waals surface area contributed by atoms with E-state index in [-0.39, 0.29) is 11.9 Å². The molecule has 0 aromatic heterocycles. The van der Waals surface area contributed by atoms with Gasteiger partial charge in [0.2, 0.25) is 0 Å². The lowest BCUT2D eigenvalue weighted by Gasteiger charge is -2.12. The molecule has 1 aromatic carbocycles. The smallest absolute Gasteiger partial charge is 0.126 e. The first-order valence-electron chi connectivity index (χ1n) is 3.87. The molecule has 0 fully saturated rings. The number of hydrogen-bond acceptors (Lipinski definition) is 2. The highest BCUT2D eigenvalue weighted by molar-refractivity contribution is 5.29. The molecule has 2 nitrogen and oxygen atoms in total. The first-order chi connectivity index (χ1) is 5.66. The molecular formula is C9H13FN2. The third kappa shape index (κ3) is 1.62. The Hall–Kier alpha value is -0.930. The molecule has 0 saturated carbocycles. The van der Waals surface area contributed by atoms with Crippen LogP contribution in [0.15, 0.2) is 18.2 Å². The molecule has 0 bridgehead atoms. The lowest BCUT2D eigenvalue weighted by Crippen LogP contribution is -2.21. The fourth-order valence-corrected chi connectivity index (χ4v) is 1.15. The van der Waals surface area contributed by atoms with Crippen molar-refractivity contribution in [3.8, 4) is 0 Å². The van der Waals surface area contributed by atoms with Gasteiger partial charge in [-0.25, -0.2) is 4.39 Å². The quantitative estimate of drug-likeness (QED) is 0.694. The van der Waals surface area contributed by atoms with E-state index in [9.17, 15) is 4.39 Å². The Morgan fingerprint density at radius 1 is 1.50 bits per heavy atom. The fourth-order valence-electron chi connectivity index (χ4n) is 1.15. The molecule has 1 unspecified atom stereocenters. The van der Waals surface area contributed by atoms with Crippen molar-refractivity contribution in [2.45, 2.75) is 13.0 Å². The molecule has 0 spiro atoms. The average molecular weight is 168 g/mol. The third-order valence-corrected chi connectivity index (χ3v) is 1.96. The summed E-state index contributed by atoms with van der Waals surface area (Å²) in [6.45, 7) is 2.05. The molecule has 0 aliphatic heterocycles. The Balaban J connectivity index is 3.07. The summed E-state index contributed by atoms with van der Waals surface area (Å²) in [7, 11) is 0. The van der Waals surface area contributed by atoms with Gasteiger partial charge in [0, 0.05) is 12.6 Å². The maximum Gasteiger partial charge on any atom is 0.126 e. The van der Waals surface area contributed by atoms with Crippen LogP contribution in [0.1, 0.15) is 17.2 Å². The SMILES string of the molecule is Cc1c(F)cccc1C(N)CN. The molecule has 1 aromatic rings. The summed E-state index contributed by atoms with van der Waals surface area (Å²) >= 11 is 0. The standard InChI is InChI=1S/C9H13FN2/c1-6-7(9(12)5-11)3-2-4-8(6)10/h2-4,9H,5,11-12H2,1H3. The van der Waals surface area contributed by atoms with Crippen LogP contribution in [0.3, 0.4) is 0 Å². The van der Waals surface area contributed by atoms with E-state index in [0.29, 0.717) is 12.1 Å². The van der Waals surface area contributed by atoms with Crippen molar-refractivity contribution < 1.29 is 4.39 Å². The predicted octanol–water partition coefficient (Wildman–Crippen LogP) is 1.09. The molecule has 0 aliphatic carbocycles. The highest BCUT2D eigenvalue weighted by Gasteiger charge is 2.08. The Morgan fingerprint density at radius 2 is 2.17 bits per heavy atom. The van der Waals surface area contributed by atoms with Gasteiger partial charge in [-0.05, 0) is 24.1 Å². The number of rotatable bonds is 2. The van der Waals surface area contributed by atoms with Gasteiger partial charge in [-0.1, -0.05) is 12.1 Å². The Bertz CT molecular complexity index is 273. The summed E-state index contributed by atoms with van der Waals surface area (Å²) in [5.74, 6) is -0.226. The van der Waals surface area contributed by atoms with E-state index >= 15 is 0 Å². The fraction of sp³-hybridized carbons (Fsp3) is 0.333. The largest absolute Gasteiger partial charge is 0.329 e. The van der Waals surface area contributed by atoms with Crippen LogP contribution in [0.25, 0.3) is 0 Å². The van der Waals surface area contributed by atoms with E-state index in [1.807, 2.05) is 0 Å². The predicted molar refractivity (Wildman–Crippen MR) is 47.1 cm³/mol. The molecule has 0 heterocycles. The first kappa shape index (κ1) is 9.16. The van der Waals surface area contributed by atoms with Crippen molar-refractivity contribution >= 4 is 0 Å². The summed E-state index contributed by atoms with van der Waals surface area (Å²) < 4.78 is 13.0. The maximum absolute atomic E-state index is 13.0. The summed E-state index contributed by atoms with van der Waals surface area (Å²) in [6, 6.07) is 4.60. The zero-order chi connectivity index (χ0) is 9.14. The van der Waals surface area contributed by atoms with Gasteiger partial charge in [-0.15, -0.1) is 0 Å². The van der Waals surface area contributed by atoms with E-state index in [2.05, 4.69) is 0 Å². The monoisotopic (exact) mass is 168 g/mol. The van der Waals surface area contributed by atoms with Crippen molar-refractivity contribution in [3.05, 3.63) is 35.1 Å². The number of benzene rings is 1. The Kier molecular flexibility index (Phi) is 2.78. The van der Waals surface area contributed by atoms with Gasteiger partial charge >= 0.3 is 0 Å². The Labute approximate surface area is 71.4 Å². The van der Waals surface area contributed by atoms with Gasteiger partial charge in [-0.2, -0.15) is 0 Å². The van der Waals surface area contributed by atoms with E-state index < -0.39 is 0 Å². The second kappa shape index (κ2) is 3.65. The van der Waals surface area contributed by atoms with Gasteiger partial charge in [0.15, 0.2) is 0 Å². The molecule has 1 atom stereocenters.